The molecule has 0 aliphatic carbocycles. The van der Waals surface area contributed by atoms with E-state index in [1.165, 1.54) is 11.0 Å². The largest absolute Gasteiger partial charge is 0.497 e. The first-order valence-corrected chi connectivity index (χ1v) is 10.7. The van der Waals surface area contributed by atoms with E-state index >= 15 is 0 Å². The molecule has 4 aromatic carbocycles. The summed E-state index contributed by atoms with van der Waals surface area (Å²) >= 11 is 0. The van der Waals surface area contributed by atoms with Crippen molar-refractivity contribution >= 4 is 29.3 Å². The molecule has 5 heteroatoms. The van der Waals surface area contributed by atoms with Gasteiger partial charge in [-0.05, 0) is 72.3 Å². The van der Waals surface area contributed by atoms with E-state index in [9.17, 15) is 9.59 Å². The molecule has 0 radical (unpaired) electrons. The molecule has 4 aromatic rings. The van der Waals surface area contributed by atoms with E-state index in [-0.39, 0.29) is 5.78 Å². The van der Waals surface area contributed by atoms with Gasteiger partial charge in [0.15, 0.2) is 5.78 Å². The van der Waals surface area contributed by atoms with Gasteiger partial charge in [-0.2, -0.15) is 0 Å². The van der Waals surface area contributed by atoms with Crippen LogP contribution in [0, 0.1) is 0 Å². The van der Waals surface area contributed by atoms with Gasteiger partial charge in [-0.3, -0.25) is 4.79 Å². The lowest BCUT2D eigenvalue weighted by molar-refractivity contribution is 0.104. The molecule has 0 aliphatic rings. The van der Waals surface area contributed by atoms with Crippen molar-refractivity contribution < 1.29 is 19.1 Å². The zero-order valence-corrected chi connectivity index (χ0v) is 18.6. The van der Waals surface area contributed by atoms with Gasteiger partial charge in [-0.15, -0.1) is 0 Å². The number of carbonyl (C=O) groups is 2. The number of para-hydroxylation sites is 2. The molecule has 168 valence electrons. The Morgan fingerprint density at radius 1 is 0.706 bits per heavy atom. The minimum absolute atomic E-state index is 0.157. The van der Waals surface area contributed by atoms with Gasteiger partial charge in [0, 0.05) is 5.56 Å². The highest BCUT2D eigenvalue weighted by Gasteiger charge is 2.20. The van der Waals surface area contributed by atoms with Crippen LogP contribution in [0.1, 0.15) is 15.9 Å². The van der Waals surface area contributed by atoms with Gasteiger partial charge in [0.2, 0.25) is 0 Å². The van der Waals surface area contributed by atoms with Crippen molar-refractivity contribution in [1.29, 1.82) is 0 Å². The second-order valence-corrected chi connectivity index (χ2v) is 7.37. The average molecular weight is 450 g/mol. The summed E-state index contributed by atoms with van der Waals surface area (Å²) < 4.78 is 10.8. The molecule has 0 fully saturated rings. The van der Waals surface area contributed by atoms with E-state index in [4.69, 9.17) is 9.47 Å². The maximum Gasteiger partial charge on any atom is 0.424 e. The zero-order chi connectivity index (χ0) is 23.8. The van der Waals surface area contributed by atoms with Gasteiger partial charge in [0.05, 0.1) is 18.5 Å². The van der Waals surface area contributed by atoms with Crippen LogP contribution in [-0.4, -0.2) is 19.0 Å². The predicted octanol–water partition coefficient (Wildman–Crippen LogP) is 6.93. The maximum atomic E-state index is 13.1. The molecule has 0 saturated heterocycles. The first-order chi connectivity index (χ1) is 16.6. The Morgan fingerprint density at radius 2 is 1.32 bits per heavy atom. The summed E-state index contributed by atoms with van der Waals surface area (Å²) in [6, 6.07) is 32.5. The van der Waals surface area contributed by atoms with Gasteiger partial charge < -0.3 is 9.47 Å². The van der Waals surface area contributed by atoms with Crippen molar-refractivity contribution in [2.75, 3.05) is 12.0 Å². The molecular formula is C29H23NO4. The lowest BCUT2D eigenvalue weighted by Crippen LogP contribution is -2.29. The van der Waals surface area contributed by atoms with Crippen LogP contribution in [-0.2, 0) is 0 Å². The molecule has 34 heavy (non-hydrogen) atoms. The molecule has 1 amide bonds. The Hall–Kier alpha value is -4.64. The van der Waals surface area contributed by atoms with E-state index in [1.807, 2.05) is 84.9 Å². The monoisotopic (exact) mass is 449 g/mol. The lowest BCUT2D eigenvalue weighted by Gasteiger charge is -2.22. The summed E-state index contributed by atoms with van der Waals surface area (Å²) in [5.74, 6) is 0.909. The fraction of sp³-hybridized carbons (Fsp3) is 0.0345. The van der Waals surface area contributed by atoms with Crippen molar-refractivity contribution in [3.05, 3.63) is 126 Å². The molecular weight excluding hydrogens is 426 g/mol. The summed E-state index contributed by atoms with van der Waals surface area (Å²) in [5, 5.41) is 0. The summed E-state index contributed by atoms with van der Waals surface area (Å²) in [4.78, 5) is 27.1. The first-order valence-electron chi connectivity index (χ1n) is 10.7. The molecule has 0 aliphatic heterocycles. The SMILES string of the molecule is COc1cccc(C=CC(=O)c2ccc(OC(=O)N(c3ccccc3)c3ccccc3)cc2)c1. The van der Waals surface area contributed by atoms with Gasteiger partial charge in [-0.25, -0.2) is 9.69 Å². The van der Waals surface area contributed by atoms with E-state index in [2.05, 4.69) is 0 Å². The number of rotatable bonds is 7. The van der Waals surface area contributed by atoms with E-state index in [0.29, 0.717) is 22.7 Å². The van der Waals surface area contributed by atoms with Crippen molar-refractivity contribution in [2.45, 2.75) is 0 Å². The average Bonchev–Trinajstić information content (AvgIpc) is 2.89. The number of hydrogen-bond donors (Lipinski definition) is 0. The number of ketones is 1. The number of amides is 1. The Bertz CT molecular complexity index is 1240. The smallest absolute Gasteiger partial charge is 0.424 e. The summed E-state index contributed by atoms with van der Waals surface area (Å²) in [7, 11) is 1.60. The summed E-state index contributed by atoms with van der Waals surface area (Å²) in [6.07, 6.45) is 2.69. The van der Waals surface area contributed by atoms with Crippen molar-refractivity contribution in [2.24, 2.45) is 0 Å². The van der Waals surface area contributed by atoms with Crippen LogP contribution in [0.2, 0.25) is 0 Å². The second kappa shape index (κ2) is 10.8. The molecule has 0 saturated carbocycles. The van der Waals surface area contributed by atoms with Crippen LogP contribution in [0.25, 0.3) is 6.08 Å². The molecule has 0 unspecified atom stereocenters. The van der Waals surface area contributed by atoms with Crippen LogP contribution < -0.4 is 14.4 Å². The third-order valence-electron chi connectivity index (χ3n) is 5.08. The molecule has 0 N–H and O–H groups in total. The number of hydrogen-bond acceptors (Lipinski definition) is 4. The highest BCUT2D eigenvalue weighted by Crippen LogP contribution is 2.27. The maximum absolute atomic E-state index is 13.1. The van der Waals surface area contributed by atoms with Crippen LogP contribution in [0.4, 0.5) is 16.2 Å². The van der Waals surface area contributed by atoms with Gasteiger partial charge in [0.25, 0.3) is 0 Å². The number of nitrogens with zero attached hydrogens (tertiary/aromatic N) is 1. The highest BCUT2D eigenvalue weighted by molar-refractivity contribution is 6.07. The lowest BCUT2D eigenvalue weighted by atomic mass is 10.1. The fourth-order valence-corrected chi connectivity index (χ4v) is 3.36. The van der Waals surface area contributed by atoms with E-state index < -0.39 is 6.09 Å². The number of allylic oxidation sites excluding steroid dienone is 1. The minimum Gasteiger partial charge on any atom is -0.497 e. The standard InChI is InChI=1S/C29H23NO4/c1-33-27-14-8-9-22(21-27)15-20-28(31)23-16-18-26(19-17-23)34-29(32)30(24-10-4-2-5-11-24)25-12-6-3-7-13-25/h2-21H,1H3. The molecule has 0 bridgehead atoms. The number of ether oxygens (including phenoxy) is 2. The Balaban J connectivity index is 1.47. The summed E-state index contributed by atoms with van der Waals surface area (Å²) in [6.45, 7) is 0. The normalized spacial score (nSPS) is 10.6. The highest BCUT2D eigenvalue weighted by atomic mass is 16.6. The minimum atomic E-state index is -0.547. The quantitative estimate of drug-likeness (QED) is 0.227. The Kier molecular flexibility index (Phi) is 7.16. The molecule has 0 atom stereocenters. The van der Waals surface area contributed by atoms with Crippen LogP contribution in [0.15, 0.2) is 115 Å². The third kappa shape index (κ3) is 5.58. The Morgan fingerprint density at radius 3 is 1.91 bits per heavy atom. The van der Waals surface area contributed by atoms with E-state index in [1.54, 1.807) is 37.5 Å². The van der Waals surface area contributed by atoms with Crippen LogP contribution >= 0.6 is 0 Å². The van der Waals surface area contributed by atoms with Gasteiger partial charge >= 0.3 is 6.09 Å². The topological polar surface area (TPSA) is 55.8 Å². The number of anilines is 2. The first kappa shape index (κ1) is 22.6. The molecule has 0 heterocycles. The van der Waals surface area contributed by atoms with E-state index in [0.717, 1.165) is 11.3 Å². The number of methoxy groups -OCH3 is 1. The summed E-state index contributed by atoms with van der Waals surface area (Å²) in [5.41, 5.74) is 2.73. The molecule has 0 aromatic heterocycles. The molecule has 0 spiro atoms. The molecule has 5 nitrogen and oxygen atoms in total. The van der Waals surface area contributed by atoms with Crippen molar-refractivity contribution in [3.8, 4) is 11.5 Å². The van der Waals surface area contributed by atoms with Gasteiger partial charge in [-0.1, -0.05) is 54.6 Å². The van der Waals surface area contributed by atoms with Crippen molar-refractivity contribution in [3.63, 3.8) is 0 Å². The zero-order valence-electron chi connectivity index (χ0n) is 18.6. The Labute approximate surface area is 198 Å². The fourth-order valence-electron chi connectivity index (χ4n) is 3.36. The number of carbonyl (C=O) groups excluding carboxylic acids is 2. The van der Waals surface area contributed by atoms with Crippen LogP contribution in [0.3, 0.4) is 0 Å². The second-order valence-electron chi connectivity index (χ2n) is 7.37. The predicted molar refractivity (Wildman–Crippen MR) is 134 cm³/mol. The number of benzene rings is 4. The molecule has 4 rings (SSSR count). The van der Waals surface area contributed by atoms with Crippen LogP contribution in [0.5, 0.6) is 11.5 Å². The third-order valence-corrected chi connectivity index (χ3v) is 5.08. The van der Waals surface area contributed by atoms with Gasteiger partial charge in [0.1, 0.15) is 11.5 Å². The van der Waals surface area contributed by atoms with Crippen molar-refractivity contribution in [1.82, 2.24) is 0 Å².